The zero-order chi connectivity index (χ0) is 46.4. The van der Waals surface area contributed by atoms with E-state index in [0.29, 0.717) is 23.6 Å². The van der Waals surface area contributed by atoms with E-state index in [-0.39, 0.29) is 65.8 Å². The molecule has 21 heteroatoms. The first-order chi connectivity index (χ1) is 30.4. The molecule has 5 amide bonds. The Bertz CT molecular complexity index is 2260. The van der Waals surface area contributed by atoms with Crippen molar-refractivity contribution in [3.8, 4) is 11.5 Å². The number of aryl methyl sites for hydroxylation is 1. The highest BCUT2D eigenvalue weighted by Crippen LogP contribution is 2.40. The van der Waals surface area contributed by atoms with Gasteiger partial charge >= 0.3 is 5.97 Å². The Morgan fingerprint density at radius 2 is 1.61 bits per heavy atom. The van der Waals surface area contributed by atoms with Crippen LogP contribution in [0.4, 0.5) is 22.7 Å². The number of ether oxygens (including phenoxy) is 3. The summed E-state index contributed by atoms with van der Waals surface area (Å²) in [4.78, 5) is 82.7. The number of rotatable bonds is 16. The van der Waals surface area contributed by atoms with Gasteiger partial charge in [0.1, 0.15) is 30.0 Å². The molecule has 21 nitrogen and oxygen atoms in total. The number of fused-ring (bicyclic) bond motifs is 2. The number of anilines is 3. The molecule has 3 aliphatic heterocycles. The number of aliphatic imine (C=N–C) groups is 1. The number of nitrogens with two attached hydrogens (primary N) is 1. The van der Waals surface area contributed by atoms with Gasteiger partial charge < -0.3 is 71.1 Å². The molecule has 0 unspecified atom stereocenters. The molecule has 2 saturated heterocycles. The second-order valence-electron chi connectivity index (χ2n) is 16.3. The van der Waals surface area contributed by atoms with Crippen LogP contribution in [0, 0.1) is 5.92 Å². The summed E-state index contributed by atoms with van der Waals surface area (Å²) in [6.45, 7) is 5.60. The van der Waals surface area contributed by atoms with Crippen molar-refractivity contribution in [3.05, 3.63) is 59.9 Å². The van der Waals surface area contributed by atoms with E-state index in [1.165, 1.54) is 22.8 Å². The standard InChI is InChI=1S/C43H54N8O13/c1-21(2)33(44)40(58)46-22(3)38(56)48-23-10-12-24(13-11-23)49-39(57)29-16-25(20-50(29)4)47-32(52)9-7-15-62-30-18-28-27(41(59)51-14-6-5-8-26(51)19-45-28)17-31(30)63-43-36(55)34(53)35(54)37(64-43)42(60)61/h10-13,16-22,26,33-37,43,53-55H,5-9,14-15,44H2,1-4H3,(H,46,58)(H,47,52)(H,48,56)(H,49,57)(H,60,61)/t22-,26-,33-,34-,35-,36+,37-,43+/m0/s1. The molecule has 1 aromatic heterocycles. The van der Waals surface area contributed by atoms with Gasteiger partial charge in [0.15, 0.2) is 17.6 Å². The summed E-state index contributed by atoms with van der Waals surface area (Å²) in [7, 11) is 1.64. The molecule has 2 fully saturated rings. The Labute approximate surface area is 367 Å². The fraction of sp³-hybridized carbons (Fsp3) is 0.465. The molecule has 0 spiro atoms. The molecule has 0 saturated carbocycles. The minimum absolute atomic E-state index is 0.0214. The van der Waals surface area contributed by atoms with Crippen LogP contribution in [-0.4, -0.2) is 134 Å². The topological polar surface area (TPSA) is 306 Å². The zero-order valence-electron chi connectivity index (χ0n) is 35.7. The lowest BCUT2D eigenvalue weighted by atomic mass is 9.99. The third-order valence-corrected chi connectivity index (χ3v) is 11.1. The average molecular weight is 891 g/mol. The number of amides is 5. The molecule has 10 N–H and O–H groups in total. The molecule has 0 bridgehead atoms. The third kappa shape index (κ3) is 11.0. The molecule has 3 aromatic rings. The van der Waals surface area contributed by atoms with Gasteiger partial charge in [-0.05, 0) is 74.9 Å². The third-order valence-electron chi connectivity index (χ3n) is 11.1. The highest BCUT2D eigenvalue weighted by Gasteiger charge is 2.48. The molecule has 3 aliphatic rings. The van der Waals surface area contributed by atoms with Crippen molar-refractivity contribution in [2.24, 2.45) is 23.7 Å². The van der Waals surface area contributed by atoms with Gasteiger partial charge in [-0.2, -0.15) is 0 Å². The Morgan fingerprint density at radius 3 is 2.30 bits per heavy atom. The van der Waals surface area contributed by atoms with Gasteiger partial charge in [0.05, 0.1) is 35.6 Å². The van der Waals surface area contributed by atoms with Crippen LogP contribution in [0.3, 0.4) is 0 Å². The van der Waals surface area contributed by atoms with Crippen LogP contribution >= 0.6 is 0 Å². The number of hydrogen-bond donors (Lipinski definition) is 9. The molecular weight excluding hydrogens is 837 g/mol. The minimum atomic E-state index is -1.95. The van der Waals surface area contributed by atoms with Crippen molar-refractivity contribution in [1.82, 2.24) is 14.8 Å². The molecule has 8 atom stereocenters. The molecule has 344 valence electrons. The maximum atomic E-state index is 13.7. The zero-order valence-corrected chi connectivity index (χ0v) is 35.7. The van der Waals surface area contributed by atoms with Crippen molar-refractivity contribution >= 4 is 64.5 Å². The summed E-state index contributed by atoms with van der Waals surface area (Å²) in [5, 5.41) is 51.6. The molecule has 0 aliphatic carbocycles. The van der Waals surface area contributed by atoms with E-state index in [9.17, 15) is 49.2 Å². The van der Waals surface area contributed by atoms with Gasteiger partial charge in [-0.25, -0.2) is 4.79 Å². The fourth-order valence-electron chi connectivity index (χ4n) is 7.25. The molecule has 64 heavy (non-hydrogen) atoms. The summed E-state index contributed by atoms with van der Waals surface area (Å²) in [6.07, 6.45) is -3.63. The van der Waals surface area contributed by atoms with E-state index >= 15 is 0 Å². The van der Waals surface area contributed by atoms with E-state index in [2.05, 4.69) is 26.3 Å². The minimum Gasteiger partial charge on any atom is -0.490 e. The van der Waals surface area contributed by atoms with Crippen molar-refractivity contribution in [2.75, 3.05) is 29.1 Å². The maximum Gasteiger partial charge on any atom is 0.335 e. The van der Waals surface area contributed by atoms with E-state index in [4.69, 9.17) is 19.9 Å². The SMILES string of the molecule is CC(C)[C@H](N)C(=O)N[C@@H](C)C(=O)Nc1ccc(NC(=O)c2cc(NC(=O)CCCOc3cc4c(cc3O[C@@H]3O[C@H](C(=O)O)[C@@H](O)[C@H](O)[C@H]3O)C(=O)N3CCCC[C@H]3C=N4)cn2C)cc1. The number of carboxylic acids is 1. The van der Waals surface area contributed by atoms with Crippen LogP contribution in [0.25, 0.3) is 0 Å². The summed E-state index contributed by atoms with van der Waals surface area (Å²) in [5.74, 6) is -3.89. The largest absolute Gasteiger partial charge is 0.490 e. The van der Waals surface area contributed by atoms with E-state index in [1.54, 1.807) is 69.4 Å². The number of nitrogens with one attached hydrogen (secondary N) is 4. The summed E-state index contributed by atoms with van der Waals surface area (Å²) in [5.41, 5.74) is 7.74. The highest BCUT2D eigenvalue weighted by molar-refractivity contribution is 6.05. The second-order valence-corrected chi connectivity index (χ2v) is 16.3. The quantitative estimate of drug-likeness (QED) is 0.0921. The second kappa shape index (κ2) is 20.4. The number of carbonyl (C=O) groups is 6. The first-order valence-electron chi connectivity index (χ1n) is 20.9. The highest BCUT2D eigenvalue weighted by atomic mass is 16.7. The summed E-state index contributed by atoms with van der Waals surface area (Å²) >= 11 is 0. The van der Waals surface area contributed by atoms with Crippen LogP contribution < -0.4 is 36.5 Å². The molecular formula is C43H54N8O13. The predicted octanol–water partition coefficient (Wildman–Crippen LogP) is 1.48. The fourth-order valence-corrected chi connectivity index (χ4v) is 7.25. The van der Waals surface area contributed by atoms with Crippen molar-refractivity contribution in [1.29, 1.82) is 0 Å². The summed E-state index contributed by atoms with van der Waals surface area (Å²) in [6, 6.07) is 8.84. The van der Waals surface area contributed by atoms with E-state index < -0.39 is 72.4 Å². The van der Waals surface area contributed by atoms with Gasteiger partial charge in [0, 0.05) is 49.9 Å². The van der Waals surface area contributed by atoms with Gasteiger partial charge in [-0.3, -0.25) is 29.0 Å². The number of aromatic nitrogens is 1. The Balaban J connectivity index is 1.04. The monoisotopic (exact) mass is 890 g/mol. The maximum absolute atomic E-state index is 13.7. The predicted molar refractivity (Wildman–Crippen MR) is 230 cm³/mol. The lowest BCUT2D eigenvalue weighted by molar-refractivity contribution is -0.271. The van der Waals surface area contributed by atoms with Crippen LogP contribution in [0.1, 0.15) is 73.7 Å². The molecule has 6 rings (SSSR count). The number of hydrogen-bond acceptors (Lipinski definition) is 14. The first-order valence-corrected chi connectivity index (χ1v) is 20.9. The van der Waals surface area contributed by atoms with Gasteiger partial charge in [-0.1, -0.05) is 13.8 Å². The van der Waals surface area contributed by atoms with Gasteiger partial charge in [-0.15, -0.1) is 0 Å². The number of aliphatic hydroxyl groups is 3. The Hall–Kier alpha value is -6.39. The Kier molecular flexibility index (Phi) is 15.0. The lowest BCUT2D eigenvalue weighted by Crippen LogP contribution is -2.61. The van der Waals surface area contributed by atoms with Crippen LogP contribution in [0.15, 0.2) is 53.7 Å². The number of aliphatic carboxylic acids is 1. The van der Waals surface area contributed by atoms with Gasteiger partial charge in [0.2, 0.25) is 24.0 Å². The molecule has 4 heterocycles. The van der Waals surface area contributed by atoms with Crippen LogP contribution in [-0.2, 0) is 31.0 Å². The molecule has 0 radical (unpaired) electrons. The lowest BCUT2D eigenvalue weighted by Gasteiger charge is -2.38. The normalized spacial score (nSPS) is 22.6. The average Bonchev–Trinajstić information content (AvgIpc) is 3.57. The van der Waals surface area contributed by atoms with E-state index in [0.717, 1.165) is 19.3 Å². The van der Waals surface area contributed by atoms with E-state index in [1.807, 2.05) is 0 Å². The summed E-state index contributed by atoms with van der Waals surface area (Å²) < 4.78 is 18.7. The van der Waals surface area contributed by atoms with Crippen molar-refractivity contribution in [2.45, 2.75) is 102 Å². The Morgan fingerprint density at radius 1 is 0.906 bits per heavy atom. The number of nitrogens with zero attached hydrogens (tertiary/aromatic N) is 3. The smallest absolute Gasteiger partial charge is 0.335 e. The van der Waals surface area contributed by atoms with Crippen molar-refractivity contribution in [3.63, 3.8) is 0 Å². The first kappa shape index (κ1) is 47.1. The van der Waals surface area contributed by atoms with Gasteiger partial charge in [0.25, 0.3) is 11.8 Å². The number of piperidine rings is 1. The molecule has 2 aromatic carbocycles. The van der Waals surface area contributed by atoms with Crippen LogP contribution in [0.2, 0.25) is 0 Å². The van der Waals surface area contributed by atoms with Crippen LogP contribution in [0.5, 0.6) is 11.5 Å². The number of carbonyl (C=O) groups excluding carboxylic acids is 5. The number of carboxylic acid groups (broad SMARTS) is 1. The van der Waals surface area contributed by atoms with Crippen molar-refractivity contribution < 1.29 is 63.4 Å². The number of aliphatic hydroxyl groups excluding tert-OH is 3. The number of benzene rings is 2.